The van der Waals surface area contributed by atoms with Crippen LogP contribution in [0.25, 0.3) is 0 Å². The Morgan fingerprint density at radius 3 is 2.75 bits per heavy atom. The lowest BCUT2D eigenvalue weighted by Crippen LogP contribution is -2.45. The van der Waals surface area contributed by atoms with Crippen molar-refractivity contribution in [3.05, 3.63) is 47.8 Å². The van der Waals surface area contributed by atoms with Crippen LogP contribution in [0.4, 0.5) is 11.6 Å². The van der Waals surface area contributed by atoms with E-state index < -0.39 is 36.6 Å². The number of benzene rings is 1. The van der Waals surface area contributed by atoms with E-state index in [0.29, 0.717) is 18.1 Å². The molecule has 2 aliphatic heterocycles. The Labute approximate surface area is 184 Å². The van der Waals surface area contributed by atoms with Crippen LogP contribution < -0.4 is 10.2 Å². The number of hydrogen-bond acceptors (Lipinski definition) is 10. The van der Waals surface area contributed by atoms with Crippen molar-refractivity contribution in [1.82, 2.24) is 9.97 Å². The number of hydrogen-bond donors (Lipinski definition) is 4. The Balaban J connectivity index is 1.42. The first kappa shape index (κ1) is 21.1. The Morgan fingerprint density at radius 1 is 1.28 bits per heavy atom. The van der Waals surface area contributed by atoms with Crippen LogP contribution in [0.2, 0.25) is 0 Å². The second-order valence-electron chi connectivity index (χ2n) is 8.42. The maximum absolute atomic E-state index is 12.5. The predicted molar refractivity (Wildman–Crippen MR) is 113 cm³/mol. The Bertz CT molecular complexity index is 992. The number of nitrogens with one attached hydrogen (secondary N) is 1. The Hall–Kier alpha value is -2.79. The summed E-state index contributed by atoms with van der Waals surface area (Å²) in [7, 11) is 1.35. The van der Waals surface area contributed by atoms with Crippen LogP contribution in [-0.2, 0) is 20.7 Å². The third-order valence-corrected chi connectivity index (χ3v) is 6.46. The zero-order chi connectivity index (χ0) is 22.4. The fraction of sp³-hybridized carbons (Fsp3) is 0.500. The number of carbonyl (C=O) groups excluding carboxylic acids is 1. The highest BCUT2D eigenvalue weighted by molar-refractivity contribution is 5.81. The quantitative estimate of drug-likeness (QED) is 0.426. The molecule has 0 spiro atoms. The van der Waals surface area contributed by atoms with Gasteiger partial charge in [-0.25, -0.2) is 14.8 Å². The maximum atomic E-state index is 12.5. The summed E-state index contributed by atoms with van der Waals surface area (Å²) in [6, 6.07) is 9.06. The van der Waals surface area contributed by atoms with Crippen molar-refractivity contribution in [2.75, 3.05) is 23.9 Å². The molecule has 0 radical (unpaired) electrons. The molecule has 1 aromatic carbocycles. The van der Waals surface area contributed by atoms with Crippen molar-refractivity contribution in [1.29, 1.82) is 0 Å². The fourth-order valence-electron chi connectivity index (χ4n) is 4.77. The van der Waals surface area contributed by atoms with Gasteiger partial charge in [0, 0.05) is 23.9 Å². The maximum Gasteiger partial charge on any atom is 0.328 e. The summed E-state index contributed by atoms with van der Waals surface area (Å²) in [6.07, 6.45) is -1.38. The minimum atomic E-state index is -1.18. The van der Waals surface area contributed by atoms with Gasteiger partial charge < -0.3 is 35.0 Å². The van der Waals surface area contributed by atoms with Crippen molar-refractivity contribution in [2.24, 2.45) is 0 Å². The molecule has 1 aliphatic carbocycles. The molecule has 1 saturated heterocycles. The van der Waals surface area contributed by atoms with Gasteiger partial charge in [0.15, 0.2) is 6.23 Å². The van der Waals surface area contributed by atoms with Crippen LogP contribution in [0, 0.1) is 0 Å². The van der Waals surface area contributed by atoms with E-state index in [2.05, 4.69) is 15.3 Å². The number of ether oxygens (including phenoxy) is 2. The number of esters is 1. The molecule has 7 atom stereocenters. The van der Waals surface area contributed by atoms with Crippen molar-refractivity contribution in [3.63, 3.8) is 0 Å². The molecule has 32 heavy (non-hydrogen) atoms. The molecule has 2 aromatic rings. The minimum Gasteiger partial charge on any atom is -0.467 e. The van der Waals surface area contributed by atoms with E-state index >= 15 is 0 Å². The minimum absolute atomic E-state index is 0.0530. The molecule has 10 nitrogen and oxygen atoms in total. The molecular weight excluding hydrogens is 416 g/mol. The molecule has 2 fully saturated rings. The standard InChI is InChI=1S/C22H26N4O6/c1-31-22(30)13(7-11-5-3-2-4-6-11)25-19-16-12-8-14(12)26(20(16)24-10-23-19)21-18(29)17(28)15(9-27)32-21/h2-6,10,12-15,17-18,21,27-29H,7-9H2,1H3,(H,23,24,25)/t12?,13-,14?,15-,17?,18?,21-/m1/s1. The van der Waals surface area contributed by atoms with Gasteiger partial charge in [0.05, 0.1) is 13.7 Å². The van der Waals surface area contributed by atoms with Crippen molar-refractivity contribution < 1.29 is 29.6 Å². The molecule has 0 amide bonds. The van der Waals surface area contributed by atoms with E-state index in [0.717, 1.165) is 17.5 Å². The number of nitrogens with zero attached hydrogens (tertiary/aromatic N) is 3. The van der Waals surface area contributed by atoms with Crippen LogP contribution in [0.1, 0.15) is 23.5 Å². The molecule has 0 bridgehead atoms. The zero-order valence-corrected chi connectivity index (χ0v) is 17.5. The highest BCUT2D eigenvalue weighted by atomic mass is 16.6. The van der Waals surface area contributed by atoms with Gasteiger partial charge in [0.1, 0.15) is 42.3 Å². The first-order chi connectivity index (χ1) is 15.5. The van der Waals surface area contributed by atoms with Gasteiger partial charge in [0.2, 0.25) is 0 Å². The summed E-state index contributed by atoms with van der Waals surface area (Å²) in [4.78, 5) is 23.2. The van der Waals surface area contributed by atoms with Crippen molar-refractivity contribution >= 4 is 17.6 Å². The van der Waals surface area contributed by atoms with E-state index in [1.54, 1.807) is 0 Å². The lowest BCUT2D eigenvalue weighted by molar-refractivity contribution is -0.141. The average Bonchev–Trinajstić information content (AvgIpc) is 3.45. The normalized spacial score (nSPS) is 31.1. The third kappa shape index (κ3) is 3.49. The van der Waals surface area contributed by atoms with Crippen LogP contribution in [0.15, 0.2) is 36.7 Å². The molecule has 1 saturated carbocycles. The van der Waals surface area contributed by atoms with Gasteiger partial charge in [-0.2, -0.15) is 0 Å². The summed E-state index contributed by atoms with van der Waals surface area (Å²) in [5, 5.41) is 33.4. The Morgan fingerprint density at radius 2 is 2.06 bits per heavy atom. The first-order valence-corrected chi connectivity index (χ1v) is 10.7. The number of aliphatic hydroxyl groups excluding tert-OH is 3. The molecule has 5 rings (SSSR count). The third-order valence-electron chi connectivity index (χ3n) is 6.46. The number of aliphatic hydroxyl groups is 3. The zero-order valence-electron chi connectivity index (χ0n) is 17.5. The molecule has 3 heterocycles. The van der Waals surface area contributed by atoms with Gasteiger partial charge >= 0.3 is 5.97 Å². The molecule has 3 aliphatic rings. The highest BCUT2D eigenvalue weighted by Gasteiger charge is 2.59. The number of fused-ring (bicyclic) bond motifs is 3. The smallest absolute Gasteiger partial charge is 0.328 e. The van der Waals surface area contributed by atoms with E-state index in [1.807, 2.05) is 35.2 Å². The largest absolute Gasteiger partial charge is 0.467 e. The van der Waals surface area contributed by atoms with Gasteiger partial charge in [-0.05, 0) is 12.0 Å². The number of carbonyl (C=O) groups is 1. The second kappa shape index (κ2) is 8.28. The van der Waals surface area contributed by atoms with Gasteiger partial charge in [0.25, 0.3) is 0 Å². The van der Waals surface area contributed by atoms with Gasteiger partial charge in [-0.3, -0.25) is 0 Å². The van der Waals surface area contributed by atoms with E-state index in [1.165, 1.54) is 13.4 Å². The molecule has 4 N–H and O–H groups in total. The summed E-state index contributed by atoms with van der Waals surface area (Å²) >= 11 is 0. The monoisotopic (exact) mass is 442 g/mol. The second-order valence-corrected chi connectivity index (χ2v) is 8.42. The predicted octanol–water partition coefficient (Wildman–Crippen LogP) is -0.212. The lowest BCUT2D eigenvalue weighted by atomic mass is 10.1. The van der Waals surface area contributed by atoms with Crippen LogP contribution in [0.5, 0.6) is 0 Å². The topological polar surface area (TPSA) is 137 Å². The molecule has 170 valence electrons. The van der Waals surface area contributed by atoms with Gasteiger partial charge in [-0.1, -0.05) is 30.3 Å². The summed E-state index contributed by atoms with van der Waals surface area (Å²) in [5.74, 6) is 0.877. The summed E-state index contributed by atoms with van der Waals surface area (Å²) in [5.41, 5.74) is 1.84. The van der Waals surface area contributed by atoms with E-state index in [-0.39, 0.29) is 18.6 Å². The number of aromatic nitrogens is 2. The summed E-state index contributed by atoms with van der Waals surface area (Å²) < 4.78 is 10.8. The first-order valence-electron chi connectivity index (χ1n) is 10.7. The molecule has 1 aromatic heterocycles. The number of rotatable bonds is 7. The van der Waals surface area contributed by atoms with Gasteiger partial charge in [-0.15, -0.1) is 0 Å². The number of methoxy groups -OCH3 is 1. The Kier molecular flexibility index (Phi) is 5.46. The lowest BCUT2D eigenvalue weighted by Gasteiger charge is -2.30. The van der Waals surface area contributed by atoms with Crippen molar-refractivity contribution in [3.8, 4) is 0 Å². The number of anilines is 2. The molecule has 4 unspecified atom stereocenters. The van der Waals surface area contributed by atoms with Crippen LogP contribution in [0.3, 0.4) is 0 Å². The van der Waals surface area contributed by atoms with Crippen molar-refractivity contribution in [2.45, 2.75) is 55.4 Å². The van der Waals surface area contributed by atoms with Crippen LogP contribution >= 0.6 is 0 Å². The highest BCUT2D eigenvalue weighted by Crippen LogP contribution is 2.58. The fourth-order valence-corrected chi connectivity index (χ4v) is 4.77. The van der Waals surface area contributed by atoms with E-state index in [9.17, 15) is 20.1 Å². The van der Waals surface area contributed by atoms with Crippen LogP contribution in [-0.4, -0.2) is 81.6 Å². The molecular formula is C22H26N4O6. The average molecular weight is 442 g/mol. The summed E-state index contributed by atoms with van der Waals surface area (Å²) in [6.45, 7) is -0.388. The van der Waals surface area contributed by atoms with E-state index in [4.69, 9.17) is 9.47 Å². The molecule has 10 heteroatoms. The SMILES string of the molecule is COC(=O)[C@@H](Cc1ccccc1)Nc1ncnc2c1C1CC1N2[C@@H]1O[C@H](CO)C(O)C1O.